The van der Waals surface area contributed by atoms with Crippen molar-refractivity contribution in [1.29, 1.82) is 0 Å². The van der Waals surface area contributed by atoms with Gasteiger partial charge in [0, 0.05) is 45.2 Å². The molecular weight excluding hydrogens is 318 g/mol. The van der Waals surface area contributed by atoms with Crippen LogP contribution in [0.4, 0.5) is 5.69 Å². The summed E-state index contributed by atoms with van der Waals surface area (Å²) in [4.78, 5) is 2.47. The number of benzene rings is 1. The van der Waals surface area contributed by atoms with E-state index in [4.69, 9.17) is 11.6 Å². The summed E-state index contributed by atoms with van der Waals surface area (Å²) in [6.07, 6.45) is 0. The fourth-order valence-electron chi connectivity index (χ4n) is 2.35. The maximum absolute atomic E-state index is 6.26. The van der Waals surface area contributed by atoms with Crippen LogP contribution < -0.4 is 4.90 Å². The average Bonchev–Trinajstić information content (AvgIpc) is 2.27. The molecule has 94 valence electrons. The smallest absolute Gasteiger partial charge is 0.0467 e. The number of hydrogen-bond acceptors (Lipinski definition) is 2. The van der Waals surface area contributed by atoms with Gasteiger partial charge < -0.3 is 4.90 Å². The van der Waals surface area contributed by atoms with Crippen molar-refractivity contribution >= 4 is 45.0 Å². The molecule has 0 aromatic heterocycles. The van der Waals surface area contributed by atoms with E-state index in [9.17, 15) is 0 Å². The summed E-state index contributed by atoms with van der Waals surface area (Å²) in [7, 11) is 0. The summed E-state index contributed by atoms with van der Waals surface area (Å²) in [5.74, 6) is 0. The van der Waals surface area contributed by atoms with E-state index in [0.717, 1.165) is 23.4 Å². The number of nitrogens with zero attached hydrogens (tertiary/aromatic N) is 1. The van der Waals surface area contributed by atoms with Gasteiger partial charge in [-0.15, -0.1) is 0 Å². The summed E-state index contributed by atoms with van der Waals surface area (Å²) in [6.45, 7) is 6.81. The average molecular weight is 335 g/mol. The van der Waals surface area contributed by atoms with Crippen molar-refractivity contribution in [3.05, 3.63) is 28.8 Å². The van der Waals surface area contributed by atoms with Crippen molar-refractivity contribution in [3.63, 3.8) is 0 Å². The molecule has 0 spiro atoms. The minimum absolute atomic E-state index is 0.681. The zero-order chi connectivity index (χ0) is 12.4. The first kappa shape index (κ1) is 13.6. The highest BCUT2D eigenvalue weighted by Crippen LogP contribution is 2.34. The molecule has 0 N–H and O–H groups in total. The van der Waals surface area contributed by atoms with Crippen LogP contribution in [0.1, 0.15) is 19.4 Å². The lowest BCUT2D eigenvalue weighted by atomic mass is 10.1. The minimum Gasteiger partial charge on any atom is -0.369 e. The zero-order valence-electron chi connectivity index (χ0n) is 10.1. The first-order valence-corrected chi connectivity index (χ1v) is 8.29. The van der Waals surface area contributed by atoms with E-state index in [-0.39, 0.29) is 0 Å². The summed E-state index contributed by atoms with van der Waals surface area (Å²) >= 11 is 11.9. The Hall–Kier alpha value is 0.140. The summed E-state index contributed by atoms with van der Waals surface area (Å²) in [5.41, 5.74) is 2.49. The van der Waals surface area contributed by atoms with Crippen LogP contribution in [0.15, 0.2) is 18.2 Å². The summed E-state index contributed by atoms with van der Waals surface area (Å²) in [6, 6.07) is 6.19. The van der Waals surface area contributed by atoms with Gasteiger partial charge in [0.15, 0.2) is 0 Å². The molecule has 0 aliphatic carbocycles. The van der Waals surface area contributed by atoms with Crippen LogP contribution >= 0.6 is 39.3 Å². The highest BCUT2D eigenvalue weighted by atomic mass is 79.9. The summed E-state index contributed by atoms with van der Waals surface area (Å²) in [5, 5.41) is 3.04. The third kappa shape index (κ3) is 3.12. The van der Waals surface area contributed by atoms with Crippen molar-refractivity contribution in [1.82, 2.24) is 0 Å². The molecule has 0 amide bonds. The Morgan fingerprint density at radius 1 is 1.35 bits per heavy atom. The van der Waals surface area contributed by atoms with Gasteiger partial charge in [0.05, 0.1) is 0 Å². The molecule has 1 aromatic carbocycles. The maximum atomic E-state index is 6.26. The lowest BCUT2D eigenvalue weighted by Gasteiger charge is -2.37. The predicted molar refractivity (Wildman–Crippen MR) is 82.8 cm³/mol. The number of hydrogen-bond donors (Lipinski definition) is 0. The monoisotopic (exact) mass is 333 g/mol. The number of halogens is 2. The number of alkyl halides is 1. The first-order valence-electron chi connectivity index (χ1n) is 5.85. The SMILES string of the molecule is CC1CN(c2cccc(Cl)c2CBr)CC(C)S1. The maximum Gasteiger partial charge on any atom is 0.0467 e. The van der Waals surface area contributed by atoms with Crippen molar-refractivity contribution in [2.45, 2.75) is 29.7 Å². The van der Waals surface area contributed by atoms with Crippen molar-refractivity contribution in [3.8, 4) is 0 Å². The Kier molecular flexibility index (Phi) is 4.67. The lowest BCUT2D eigenvalue weighted by molar-refractivity contribution is 0.726. The van der Waals surface area contributed by atoms with Gasteiger partial charge in [-0.2, -0.15) is 11.8 Å². The summed E-state index contributed by atoms with van der Waals surface area (Å²) < 4.78 is 0. The van der Waals surface area contributed by atoms with Crippen LogP contribution in [0.2, 0.25) is 5.02 Å². The van der Waals surface area contributed by atoms with Crippen molar-refractivity contribution in [2.75, 3.05) is 18.0 Å². The molecule has 2 unspecified atom stereocenters. The molecule has 1 aromatic rings. The topological polar surface area (TPSA) is 3.24 Å². The zero-order valence-corrected chi connectivity index (χ0v) is 13.3. The van der Waals surface area contributed by atoms with E-state index in [1.165, 1.54) is 11.3 Å². The van der Waals surface area contributed by atoms with E-state index in [2.05, 4.69) is 52.5 Å². The predicted octanol–water partition coefficient (Wildman–Crippen LogP) is 4.57. The van der Waals surface area contributed by atoms with Crippen LogP contribution in [0.25, 0.3) is 0 Å². The molecule has 2 atom stereocenters. The van der Waals surface area contributed by atoms with Gasteiger partial charge in [-0.1, -0.05) is 47.4 Å². The minimum atomic E-state index is 0.681. The molecule has 1 fully saturated rings. The van der Waals surface area contributed by atoms with Crippen LogP contribution in [-0.4, -0.2) is 23.6 Å². The molecule has 1 aliphatic rings. The number of thioether (sulfide) groups is 1. The van der Waals surface area contributed by atoms with Crippen LogP contribution in [0.5, 0.6) is 0 Å². The standard InChI is InChI=1S/C13H17BrClNS/c1-9-7-16(8-10(2)17-9)13-5-3-4-12(15)11(13)6-14/h3-5,9-10H,6-8H2,1-2H3. The number of rotatable bonds is 2. The molecular formula is C13H17BrClNS. The fourth-order valence-corrected chi connectivity index (χ4v) is 4.66. The van der Waals surface area contributed by atoms with Crippen LogP contribution in [-0.2, 0) is 5.33 Å². The molecule has 0 saturated carbocycles. The highest BCUT2D eigenvalue weighted by Gasteiger charge is 2.24. The Morgan fingerprint density at radius 3 is 2.59 bits per heavy atom. The first-order chi connectivity index (χ1) is 8.11. The van der Waals surface area contributed by atoms with Crippen LogP contribution in [0, 0.1) is 0 Å². The van der Waals surface area contributed by atoms with Gasteiger partial charge in [0.25, 0.3) is 0 Å². The third-order valence-electron chi connectivity index (χ3n) is 2.99. The van der Waals surface area contributed by atoms with Gasteiger partial charge >= 0.3 is 0 Å². The molecule has 0 bridgehead atoms. The number of anilines is 1. The Labute approximate surface area is 121 Å². The highest BCUT2D eigenvalue weighted by molar-refractivity contribution is 9.08. The molecule has 4 heteroatoms. The second kappa shape index (κ2) is 5.85. The molecule has 1 aliphatic heterocycles. The van der Waals surface area contributed by atoms with Crippen molar-refractivity contribution in [2.24, 2.45) is 0 Å². The molecule has 17 heavy (non-hydrogen) atoms. The van der Waals surface area contributed by atoms with Crippen LogP contribution in [0.3, 0.4) is 0 Å². The van der Waals surface area contributed by atoms with Crippen molar-refractivity contribution < 1.29 is 0 Å². The molecule has 1 saturated heterocycles. The molecule has 2 rings (SSSR count). The van der Waals surface area contributed by atoms with Gasteiger partial charge in [-0.3, -0.25) is 0 Å². The largest absolute Gasteiger partial charge is 0.369 e. The Morgan fingerprint density at radius 2 is 2.00 bits per heavy atom. The lowest BCUT2D eigenvalue weighted by Crippen LogP contribution is -2.40. The van der Waals surface area contributed by atoms with E-state index in [0.29, 0.717) is 10.5 Å². The van der Waals surface area contributed by atoms with Gasteiger partial charge in [0.2, 0.25) is 0 Å². The molecule has 1 heterocycles. The second-order valence-corrected chi connectivity index (χ2v) is 7.38. The van der Waals surface area contributed by atoms with E-state index >= 15 is 0 Å². The van der Waals surface area contributed by atoms with E-state index in [1.54, 1.807) is 0 Å². The molecule has 0 radical (unpaired) electrons. The van der Waals surface area contributed by atoms with E-state index in [1.807, 2.05) is 12.1 Å². The Bertz CT molecular complexity index is 389. The van der Waals surface area contributed by atoms with Gasteiger partial charge in [-0.05, 0) is 12.1 Å². The van der Waals surface area contributed by atoms with Gasteiger partial charge in [0.1, 0.15) is 0 Å². The van der Waals surface area contributed by atoms with E-state index < -0.39 is 0 Å². The second-order valence-electron chi connectivity index (χ2n) is 4.53. The third-order valence-corrected chi connectivity index (χ3v) is 5.13. The quantitative estimate of drug-likeness (QED) is 0.729. The van der Waals surface area contributed by atoms with Gasteiger partial charge in [-0.25, -0.2) is 0 Å². The molecule has 1 nitrogen and oxygen atoms in total. The Balaban J connectivity index is 2.30. The normalized spacial score (nSPS) is 25.1. The fraction of sp³-hybridized carbons (Fsp3) is 0.538.